The lowest BCUT2D eigenvalue weighted by molar-refractivity contribution is 0.0248. The molecule has 2 N–H and O–H groups in total. The molecule has 14 heavy (non-hydrogen) atoms. The van der Waals surface area contributed by atoms with E-state index >= 15 is 0 Å². The van der Waals surface area contributed by atoms with Crippen molar-refractivity contribution in [3.8, 4) is 0 Å². The van der Waals surface area contributed by atoms with Gasteiger partial charge in [-0.25, -0.2) is 0 Å². The second-order valence-corrected chi connectivity index (χ2v) is 5.30. The van der Waals surface area contributed by atoms with Crippen molar-refractivity contribution in [2.45, 2.75) is 64.1 Å². The average molecular weight is 196 g/mol. The van der Waals surface area contributed by atoms with Crippen molar-refractivity contribution in [1.29, 1.82) is 0 Å². The van der Waals surface area contributed by atoms with Crippen LogP contribution in [0.1, 0.15) is 46.0 Å². The first-order valence-electron chi connectivity index (χ1n) is 6.21. The van der Waals surface area contributed by atoms with Crippen LogP contribution < -0.4 is 5.73 Å². The van der Waals surface area contributed by atoms with Crippen molar-refractivity contribution in [1.82, 2.24) is 4.90 Å². The van der Waals surface area contributed by atoms with E-state index < -0.39 is 0 Å². The zero-order valence-electron chi connectivity index (χ0n) is 9.58. The summed E-state index contributed by atoms with van der Waals surface area (Å²) in [6.45, 7) is 5.87. The molecule has 0 spiro atoms. The molecule has 2 fully saturated rings. The third-order valence-corrected chi connectivity index (χ3v) is 4.14. The molecule has 82 valence electrons. The molecular weight excluding hydrogens is 172 g/mol. The standard InChI is InChI=1S/C12H24N2/c1-9(2)14-8-7-11(13)10-5-3-4-6-12(10)14/h9-12H,3-8,13H2,1-2H3/t10-,11+,12-/m1/s1. The minimum atomic E-state index is 0.482. The highest BCUT2D eigenvalue weighted by Gasteiger charge is 2.38. The van der Waals surface area contributed by atoms with E-state index in [9.17, 15) is 0 Å². The molecule has 1 heterocycles. The highest BCUT2D eigenvalue weighted by molar-refractivity contribution is 4.94. The summed E-state index contributed by atoms with van der Waals surface area (Å²) in [6, 6.07) is 1.98. The van der Waals surface area contributed by atoms with Gasteiger partial charge < -0.3 is 5.73 Å². The molecule has 2 heteroatoms. The van der Waals surface area contributed by atoms with E-state index in [-0.39, 0.29) is 0 Å². The summed E-state index contributed by atoms with van der Waals surface area (Å²) < 4.78 is 0. The summed E-state index contributed by atoms with van der Waals surface area (Å²) in [5, 5.41) is 0. The zero-order valence-corrected chi connectivity index (χ0v) is 9.58. The van der Waals surface area contributed by atoms with Crippen LogP contribution in [0.15, 0.2) is 0 Å². The highest BCUT2D eigenvalue weighted by Crippen LogP contribution is 2.35. The summed E-state index contributed by atoms with van der Waals surface area (Å²) in [5.74, 6) is 0.792. The van der Waals surface area contributed by atoms with Crippen LogP contribution in [0.2, 0.25) is 0 Å². The predicted molar refractivity (Wildman–Crippen MR) is 60.2 cm³/mol. The summed E-state index contributed by atoms with van der Waals surface area (Å²) >= 11 is 0. The van der Waals surface area contributed by atoms with E-state index in [2.05, 4.69) is 18.7 Å². The van der Waals surface area contributed by atoms with Gasteiger partial charge in [0.15, 0.2) is 0 Å². The minimum Gasteiger partial charge on any atom is -0.327 e. The first-order chi connectivity index (χ1) is 6.70. The number of hydrogen-bond donors (Lipinski definition) is 1. The van der Waals surface area contributed by atoms with Crippen molar-refractivity contribution in [2.75, 3.05) is 6.54 Å². The molecule has 0 bridgehead atoms. The third-order valence-electron chi connectivity index (χ3n) is 4.14. The largest absolute Gasteiger partial charge is 0.327 e. The van der Waals surface area contributed by atoms with Crippen LogP contribution in [0.3, 0.4) is 0 Å². The highest BCUT2D eigenvalue weighted by atomic mass is 15.2. The van der Waals surface area contributed by atoms with E-state index in [4.69, 9.17) is 5.73 Å². The topological polar surface area (TPSA) is 29.3 Å². The second kappa shape index (κ2) is 4.19. The maximum Gasteiger partial charge on any atom is 0.0141 e. The van der Waals surface area contributed by atoms with E-state index in [0.717, 1.165) is 12.0 Å². The van der Waals surface area contributed by atoms with Crippen LogP contribution in [-0.2, 0) is 0 Å². The summed E-state index contributed by atoms with van der Waals surface area (Å²) in [6.07, 6.45) is 6.78. The molecule has 0 aromatic carbocycles. The van der Waals surface area contributed by atoms with Gasteiger partial charge in [0.2, 0.25) is 0 Å². The lowest BCUT2D eigenvalue weighted by Crippen LogP contribution is -2.57. The quantitative estimate of drug-likeness (QED) is 0.695. The SMILES string of the molecule is CC(C)N1CC[C@H](N)[C@H]2CCCC[C@H]21. The molecule has 0 unspecified atom stereocenters. The third kappa shape index (κ3) is 1.82. The first kappa shape index (κ1) is 10.4. The van der Waals surface area contributed by atoms with Crippen molar-refractivity contribution in [3.05, 3.63) is 0 Å². The fourth-order valence-electron chi connectivity index (χ4n) is 3.37. The van der Waals surface area contributed by atoms with Gasteiger partial charge in [0.25, 0.3) is 0 Å². The molecule has 0 amide bonds. The monoisotopic (exact) mass is 196 g/mol. The molecule has 1 saturated heterocycles. The molecule has 1 aliphatic heterocycles. The number of likely N-dealkylation sites (tertiary alicyclic amines) is 1. The summed E-state index contributed by atoms with van der Waals surface area (Å²) in [4.78, 5) is 2.69. The first-order valence-corrected chi connectivity index (χ1v) is 6.21. The Hall–Kier alpha value is -0.0800. The Labute approximate surface area is 87.8 Å². The Balaban J connectivity index is 2.08. The maximum atomic E-state index is 6.23. The van der Waals surface area contributed by atoms with Crippen molar-refractivity contribution >= 4 is 0 Å². The van der Waals surface area contributed by atoms with Crippen molar-refractivity contribution in [3.63, 3.8) is 0 Å². The van der Waals surface area contributed by atoms with E-state index in [0.29, 0.717) is 12.1 Å². The molecule has 0 aromatic heterocycles. The Morgan fingerprint density at radius 1 is 1.14 bits per heavy atom. The van der Waals surface area contributed by atoms with Gasteiger partial charge in [-0.15, -0.1) is 0 Å². The Morgan fingerprint density at radius 2 is 1.86 bits per heavy atom. The van der Waals surface area contributed by atoms with Crippen LogP contribution in [0.4, 0.5) is 0 Å². The van der Waals surface area contributed by atoms with Gasteiger partial charge in [-0.3, -0.25) is 4.90 Å². The van der Waals surface area contributed by atoms with Gasteiger partial charge >= 0.3 is 0 Å². The van der Waals surface area contributed by atoms with Crippen LogP contribution in [-0.4, -0.2) is 29.6 Å². The molecule has 0 aromatic rings. The molecule has 2 aliphatic rings. The summed E-state index contributed by atoms with van der Waals surface area (Å²) in [5.41, 5.74) is 6.23. The fourth-order valence-corrected chi connectivity index (χ4v) is 3.37. The van der Waals surface area contributed by atoms with E-state index in [1.54, 1.807) is 0 Å². The number of nitrogens with zero attached hydrogens (tertiary/aromatic N) is 1. The zero-order chi connectivity index (χ0) is 10.1. The van der Waals surface area contributed by atoms with Gasteiger partial charge in [0, 0.05) is 24.7 Å². The van der Waals surface area contributed by atoms with Gasteiger partial charge in [-0.1, -0.05) is 12.8 Å². The predicted octanol–water partition coefficient (Wildman–Crippen LogP) is 1.99. The average Bonchev–Trinajstić information content (AvgIpc) is 2.18. The van der Waals surface area contributed by atoms with Gasteiger partial charge in [-0.05, 0) is 39.0 Å². The fraction of sp³-hybridized carbons (Fsp3) is 1.00. The Kier molecular flexibility index (Phi) is 3.13. The number of hydrogen-bond acceptors (Lipinski definition) is 2. The number of nitrogens with two attached hydrogens (primary N) is 1. The lowest BCUT2D eigenvalue weighted by Gasteiger charge is -2.48. The molecular formula is C12H24N2. The van der Waals surface area contributed by atoms with Crippen molar-refractivity contribution < 1.29 is 0 Å². The summed E-state index contributed by atoms with van der Waals surface area (Å²) in [7, 11) is 0. The minimum absolute atomic E-state index is 0.482. The van der Waals surface area contributed by atoms with Crippen molar-refractivity contribution in [2.24, 2.45) is 11.7 Å². The van der Waals surface area contributed by atoms with Gasteiger partial charge in [0.05, 0.1) is 0 Å². The molecule has 3 atom stereocenters. The lowest BCUT2D eigenvalue weighted by atomic mass is 9.75. The maximum absolute atomic E-state index is 6.23. The second-order valence-electron chi connectivity index (χ2n) is 5.30. The molecule has 1 aliphatic carbocycles. The number of piperidine rings is 1. The van der Waals surface area contributed by atoms with Crippen LogP contribution in [0.5, 0.6) is 0 Å². The van der Waals surface area contributed by atoms with E-state index in [1.807, 2.05) is 0 Å². The smallest absolute Gasteiger partial charge is 0.0141 e. The van der Waals surface area contributed by atoms with Crippen LogP contribution >= 0.6 is 0 Å². The number of fused-ring (bicyclic) bond motifs is 1. The van der Waals surface area contributed by atoms with Crippen LogP contribution in [0, 0.1) is 5.92 Å². The van der Waals surface area contributed by atoms with Gasteiger partial charge in [0.1, 0.15) is 0 Å². The molecule has 1 saturated carbocycles. The molecule has 0 radical (unpaired) electrons. The Bertz CT molecular complexity index is 189. The number of rotatable bonds is 1. The van der Waals surface area contributed by atoms with Gasteiger partial charge in [-0.2, -0.15) is 0 Å². The van der Waals surface area contributed by atoms with Crippen LogP contribution in [0.25, 0.3) is 0 Å². The molecule has 2 nitrogen and oxygen atoms in total. The Morgan fingerprint density at radius 3 is 2.57 bits per heavy atom. The normalized spacial score (nSPS) is 39.9. The van der Waals surface area contributed by atoms with E-state index in [1.165, 1.54) is 38.6 Å². The molecule has 2 rings (SSSR count).